The number of allylic oxidation sites excluding steroid dienone is 16. The molecule has 6 nitrogen and oxygen atoms in total. The maximum Gasteiger partial charge on any atom is 0.306 e. The van der Waals surface area contributed by atoms with Crippen LogP contribution in [0.5, 0.6) is 0 Å². The number of rotatable bonds is 60. The number of unbranched alkanes of at least 4 members (excludes halogenated alkanes) is 33. The van der Waals surface area contributed by atoms with Crippen molar-refractivity contribution in [3.05, 3.63) is 97.2 Å². The summed E-state index contributed by atoms with van der Waals surface area (Å²) in [5.74, 6) is -0.924. The molecule has 0 spiro atoms. The van der Waals surface area contributed by atoms with E-state index in [1.165, 1.54) is 173 Å². The van der Waals surface area contributed by atoms with Crippen LogP contribution in [0.25, 0.3) is 0 Å². The lowest BCUT2D eigenvalue weighted by molar-refractivity contribution is -0.167. The van der Waals surface area contributed by atoms with Crippen LogP contribution in [-0.2, 0) is 28.6 Å². The third-order valence-corrected chi connectivity index (χ3v) is 14.4. The van der Waals surface area contributed by atoms with Crippen LogP contribution in [0.4, 0.5) is 0 Å². The maximum absolute atomic E-state index is 12.9. The van der Waals surface area contributed by atoms with Gasteiger partial charge in [-0.05, 0) is 83.5 Å². The number of hydrogen-bond donors (Lipinski definition) is 0. The van der Waals surface area contributed by atoms with Crippen molar-refractivity contribution in [3.63, 3.8) is 0 Å². The first-order valence-electron chi connectivity index (χ1n) is 33.2. The fourth-order valence-electron chi connectivity index (χ4n) is 9.40. The van der Waals surface area contributed by atoms with E-state index in [2.05, 4.69) is 118 Å². The summed E-state index contributed by atoms with van der Waals surface area (Å²) in [6, 6.07) is 0. The van der Waals surface area contributed by atoms with Crippen LogP contribution >= 0.6 is 0 Å². The Labute approximate surface area is 483 Å². The van der Waals surface area contributed by atoms with E-state index >= 15 is 0 Å². The molecule has 0 aliphatic heterocycles. The molecule has 0 aliphatic carbocycles. The maximum atomic E-state index is 12.9. The summed E-state index contributed by atoms with van der Waals surface area (Å²) in [4.78, 5) is 38.2. The second-order valence-electron chi connectivity index (χ2n) is 22.0. The Morgan fingerprint density at radius 1 is 0.269 bits per heavy atom. The zero-order chi connectivity index (χ0) is 56.4. The molecule has 0 aromatic rings. The topological polar surface area (TPSA) is 78.9 Å². The minimum absolute atomic E-state index is 0.0879. The van der Waals surface area contributed by atoms with Crippen molar-refractivity contribution in [1.82, 2.24) is 0 Å². The van der Waals surface area contributed by atoms with Gasteiger partial charge in [0.2, 0.25) is 0 Å². The summed E-state index contributed by atoms with van der Waals surface area (Å²) in [5, 5.41) is 0. The zero-order valence-electron chi connectivity index (χ0n) is 51.4. The average Bonchev–Trinajstić information content (AvgIpc) is 3.44. The fraction of sp³-hybridized carbons (Fsp3) is 0.736. The third-order valence-electron chi connectivity index (χ3n) is 14.4. The van der Waals surface area contributed by atoms with E-state index in [4.69, 9.17) is 14.2 Å². The van der Waals surface area contributed by atoms with Gasteiger partial charge in [0.05, 0.1) is 0 Å². The third kappa shape index (κ3) is 63.2. The van der Waals surface area contributed by atoms with E-state index in [-0.39, 0.29) is 31.1 Å². The highest BCUT2D eigenvalue weighted by Gasteiger charge is 2.19. The second kappa shape index (κ2) is 65.8. The SMILES string of the molecule is CC/C=C\C/C=C\C/C=C\C/C=C\C/C=C\C/C=C\C/C=C\C/C=C\CCCCC(=O)OCC(COC(=O)CCCCCCCCCCC)OC(=O)CCCCCCCCCCCCCCCCCCCCCCCCCC. The van der Waals surface area contributed by atoms with Gasteiger partial charge in [0.25, 0.3) is 0 Å². The quantitative estimate of drug-likeness (QED) is 0.0261. The Bertz CT molecular complexity index is 1530. The molecular formula is C72H124O6. The van der Waals surface area contributed by atoms with Gasteiger partial charge in [0, 0.05) is 19.3 Å². The smallest absolute Gasteiger partial charge is 0.306 e. The van der Waals surface area contributed by atoms with Crippen molar-refractivity contribution in [3.8, 4) is 0 Å². The van der Waals surface area contributed by atoms with Crippen LogP contribution in [0.2, 0.25) is 0 Å². The molecule has 0 N–H and O–H groups in total. The lowest BCUT2D eigenvalue weighted by atomic mass is 10.0. The molecule has 0 fully saturated rings. The number of hydrogen-bond acceptors (Lipinski definition) is 6. The molecule has 0 aliphatic rings. The monoisotopic (exact) mass is 1080 g/mol. The molecule has 448 valence electrons. The minimum Gasteiger partial charge on any atom is -0.462 e. The zero-order valence-corrected chi connectivity index (χ0v) is 51.4. The molecule has 0 aromatic carbocycles. The number of carbonyl (C=O) groups is 3. The van der Waals surface area contributed by atoms with Gasteiger partial charge in [0.1, 0.15) is 13.2 Å². The summed E-state index contributed by atoms with van der Waals surface area (Å²) < 4.78 is 16.9. The first-order valence-corrected chi connectivity index (χ1v) is 33.2. The lowest BCUT2D eigenvalue weighted by Gasteiger charge is -2.18. The van der Waals surface area contributed by atoms with E-state index < -0.39 is 6.10 Å². The van der Waals surface area contributed by atoms with Crippen LogP contribution in [0, 0.1) is 0 Å². The van der Waals surface area contributed by atoms with Crippen molar-refractivity contribution in [1.29, 1.82) is 0 Å². The van der Waals surface area contributed by atoms with Gasteiger partial charge in [-0.1, -0.05) is 317 Å². The van der Waals surface area contributed by atoms with Gasteiger partial charge in [-0.25, -0.2) is 0 Å². The Morgan fingerprint density at radius 2 is 0.500 bits per heavy atom. The van der Waals surface area contributed by atoms with E-state index in [0.29, 0.717) is 19.3 Å². The first kappa shape index (κ1) is 74.3. The van der Waals surface area contributed by atoms with E-state index in [0.717, 1.165) is 109 Å². The molecule has 6 heteroatoms. The largest absolute Gasteiger partial charge is 0.462 e. The van der Waals surface area contributed by atoms with Gasteiger partial charge < -0.3 is 14.2 Å². The second-order valence-corrected chi connectivity index (χ2v) is 22.0. The Hall–Kier alpha value is -3.67. The van der Waals surface area contributed by atoms with Gasteiger partial charge in [-0.2, -0.15) is 0 Å². The predicted octanol–water partition coefficient (Wildman–Crippen LogP) is 22.8. The fourth-order valence-corrected chi connectivity index (χ4v) is 9.40. The van der Waals surface area contributed by atoms with Gasteiger partial charge in [-0.3, -0.25) is 14.4 Å². The van der Waals surface area contributed by atoms with Crippen LogP contribution in [0.15, 0.2) is 97.2 Å². The first-order chi connectivity index (χ1) is 38.5. The van der Waals surface area contributed by atoms with Crippen molar-refractivity contribution in [2.75, 3.05) is 13.2 Å². The Morgan fingerprint density at radius 3 is 0.782 bits per heavy atom. The summed E-state index contributed by atoms with van der Waals surface area (Å²) in [6.45, 7) is 6.51. The van der Waals surface area contributed by atoms with Crippen LogP contribution < -0.4 is 0 Å². The van der Waals surface area contributed by atoms with E-state index in [9.17, 15) is 14.4 Å². The Balaban J connectivity index is 4.28. The lowest BCUT2D eigenvalue weighted by Crippen LogP contribution is -2.30. The Kier molecular flexibility index (Phi) is 62.7. The number of carbonyl (C=O) groups excluding carboxylic acids is 3. The van der Waals surface area contributed by atoms with Crippen LogP contribution in [0.3, 0.4) is 0 Å². The molecule has 0 amide bonds. The summed E-state index contributed by atoms with van der Waals surface area (Å²) in [5.41, 5.74) is 0. The van der Waals surface area contributed by atoms with Gasteiger partial charge >= 0.3 is 17.9 Å². The number of ether oxygens (including phenoxy) is 3. The van der Waals surface area contributed by atoms with Crippen LogP contribution in [0.1, 0.15) is 323 Å². The molecule has 0 saturated heterocycles. The molecule has 1 atom stereocenters. The molecule has 0 aromatic heterocycles. The summed E-state index contributed by atoms with van der Waals surface area (Å²) in [7, 11) is 0. The highest BCUT2D eigenvalue weighted by molar-refractivity contribution is 5.71. The van der Waals surface area contributed by atoms with Crippen molar-refractivity contribution in [2.45, 2.75) is 329 Å². The van der Waals surface area contributed by atoms with Gasteiger partial charge in [0.15, 0.2) is 6.10 Å². The molecule has 0 saturated carbocycles. The number of esters is 3. The highest BCUT2D eigenvalue weighted by Crippen LogP contribution is 2.17. The molecule has 1 unspecified atom stereocenters. The van der Waals surface area contributed by atoms with Crippen molar-refractivity contribution >= 4 is 17.9 Å². The van der Waals surface area contributed by atoms with E-state index in [1.807, 2.05) is 0 Å². The molecule has 0 heterocycles. The molecule has 0 bridgehead atoms. The highest BCUT2D eigenvalue weighted by atomic mass is 16.6. The summed E-state index contributed by atoms with van der Waals surface area (Å²) >= 11 is 0. The minimum atomic E-state index is -0.793. The predicted molar refractivity (Wildman–Crippen MR) is 339 cm³/mol. The molecule has 0 radical (unpaired) electrons. The van der Waals surface area contributed by atoms with Crippen molar-refractivity contribution < 1.29 is 28.6 Å². The normalized spacial score (nSPS) is 12.7. The summed E-state index contributed by atoms with van der Waals surface area (Å²) in [6.07, 6.45) is 88.7. The van der Waals surface area contributed by atoms with Crippen LogP contribution in [-0.4, -0.2) is 37.2 Å². The average molecular weight is 1090 g/mol. The standard InChI is InChI=1S/C72H124O6/c1-4-7-10-13-16-19-21-23-25-27-29-31-33-35-36-37-39-40-42-44-46-48-50-53-56-59-62-65-71(74)77-68-69(67-76-70(73)64-61-58-55-52-18-15-12-9-6-3)78-72(75)66-63-60-57-54-51-49-47-45-43-41-38-34-32-30-28-26-24-22-20-17-14-11-8-5-2/h7,10,16,19,23,25,29,31,35-36,39-40,44,46,50,53,69H,4-6,8-9,11-15,17-18,20-22,24,26-28,30,32-34,37-38,41-43,45,47-49,51-52,54-68H2,1-3H3/b10-7-,19-16-,25-23-,31-29-,36-35-,40-39-,46-44-,53-50-. The molecular weight excluding hydrogens is 961 g/mol. The van der Waals surface area contributed by atoms with E-state index in [1.54, 1.807) is 0 Å². The molecule has 78 heavy (non-hydrogen) atoms. The van der Waals surface area contributed by atoms with Gasteiger partial charge in [-0.15, -0.1) is 0 Å². The molecule has 0 rings (SSSR count). The van der Waals surface area contributed by atoms with Crippen molar-refractivity contribution in [2.24, 2.45) is 0 Å².